The first-order valence-electron chi connectivity index (χ1n) is 8.71. The number of fused-ring (bicyclic) bond motifs is 1. The molecular weight excluding hydrogens is 360 g/mol. The molecule has 27 heavy (non-hydrogen) atoms. The number of amides is 1. The zero-order valence-corrected chi connectivity index (χ0v) is 15.6. The van der Waals surface area contributed by atoms with E-state index in [0.29, 0.717) is 17.1 Å². The Bertz CT molecular complexity index is 1100. The van der Waals surface area contributed by atoms with Crippen LogP contribution in [0.15, 0.2) is 67.1 Å². The number of hydrogen-bond donors (Lipinski definition) is 2. The van der Waals surface area contributed by atoms with Crippen LogP contribution in [-0.2, 0) is 7.05 Å². The van der Waals surface area contributed by atoms with Gasteiger partial charge in [-0.15, -0.1) is 0 Å². The molecule has 2 aromatic heterocycles. The molecular formula is C21H19ClN4O. The fourth-order valence-electron chi connectivity index (χ4n) is 3.36. The number of aryl methyl sites for hydroxylation is 1. The van der Waals surface area contributed by atoms with Gasteiger partial charge in [0, 0.05) is 47.8 Å². The molecule has 0 saturated heterocycles. The summed E-state index contributed by atoms with van der Waals surface area (Å²) in [4.78, 5) is 15.8. The van der Waals surface area contributed by atoms with Crippen molar-refractivity contribution in [3.63, 3.8) is 0 Å². The van der Waals surface area contributed by atoms with Crippen molar-refractivity contribution in [3.8, 4) is 0 Å². The number of aromatic amines is 1. The summed E-state index contributed by atoms with van der Waals surface area (Å²) in [5.74, 6) is -0.226. The van der Waals surface area contributed by atoms with E-state index in [-0.39, 0.29) is 11.8 Å². The van der Waals surface area contributed by atoms with Crippen molar-refractivity contribution in [2.45, 2.75) is 5.92 Å². The Hall–Kier alpha value is -3.05. The van der Waals surface area contributed by atoms with Crippen LogP contribution in [0.4, 0.5) is 0 Å². The van der Waals surface area contributed by atoms with Crippen LogP contribution in [0.2, 0.25) is 5.02 Å². The number of hydrogen-bond acceptors (Lipinski definition) is 2. The molecule has 0 bridgehead atoms. The third-order valence-corrected chi connectivity index (χ3v) is 5.06. The average Bonchev–Trinajstić information content (AvgIpc) is 3.30. The smallest absolute Gasteiger partial charge is 0.254 e. The van der Waals surface area contributed by atoms with Gasteiger partial charge in [-0.1, -0.05) is 48.0 Å². The summed E-state index contributed by atoms with van der Waals surface area (Å²) >= 11 is 6.49. The number of H-pyrrole nitrogens is 1. The number of halogens is 1. The molecule has 0 spiro atoms. The molecule has 1 atom stereocenters. The van der Waals surface area contributed by atoms with Gasteiger partial charge in [0.1, 0.15) is 0 Å². The molecule has 2 aromatic carbocycles. The zero-order chi connectivity index (χ0) is 18.8. The Kier molecular flexibility index (Phi) is 4.69. The van der Waals surface area contributed by atoms with Crippen molar-refractivity contribution in [1.82, 2.24) is 20.1 Å². The molecule has 0 fully saturated rings. The largest absolute Gasteiger partial charge is 0.361 e. The van der Waals surface area contributed by atoms with Gasteiger partial charge in [0.05, 0.1) is 11.8 Å². The molecule has 4 rings (SSSR count). The lowest BCUT2D eigenvalue weighted by Gasteiger charge is -2.19. The maximum absolute atomic E-state index is 12.5. The van der Waals surface area contributed by atoms with Crippen LogP contribution < -0.4 is 5.32 Å². The summed E-state index contributed by atoms with van der Waals surface area (Å²) in [6.45, 7) is 0.430. The molecule has 0 saturated carbocycles. The van der Waals surface area contributed by atoms with Gasteiger partial charge >= 0.3 is 0 Å². The summed E-state index contributed by atoms with van der Waals surface area (Å²) in [5, 5.41) is 8.89. The lowest BCUT2D eigenvalue weighted by Crippen LogP contribution is -2.28. The first-order valence-corrected chi connectivity index (χ1v) is 9.08. The highest BCUT2D eigenvalue weighted by atomic mass is 35.5. The zero-order valence-electron chi connectivity index (χ0n) is 14.8. The number of aromatic nitrogens is 3. The number of carbonyl (C=O) groups is 1. The minimum Gasteiger partial charge on any atom is -0.361 e. The second-order valence-electron chi connectivity index (χ2n) is 6.48. The van der Waals surface area contributed by atoms with Crippen molar-refractivity contribution >= 4 is 28.4 Å². The molecule has 0 aliphatic carbocycles. The van der Waals surface area contributed by atoms with Gasteiger partial charge in [0.15, 0.2) is 0 Å². The summed E-state index contributed by atoms with van der Waals surface area (Å²) in [5.41, 5.74) is 3.68. The van der Waals surface area contributed by atoms with E-state index < -0.39 is 0 Å². The number of rotatable bonds is 5. The van der Waals surface area contributed by atoms with Crippen LogP contribution in [0.5, 0.6) is 0 Å². The minimum atomic E-state index is -0.153. The van der Waals surface area contributed by atoms with Crippen LogP contribution in [0.1, 0.15) is 27.4 Å². The van der Waals surface area contributed by atoms with Crippen molar-refractivity contribution in [2.75, 3.05) is 6.54 Å². The third-order valence-electron chi connectivity index (χ3n) is 4.71. The van der Waals surface area contributed by atoms with Crippen LogP contribution >= 0.6 is 11.6 Å². The van der Waals surface area contributed by atoms with Crippen molar-refractivity contribution in [2.24, 2.45) is 7.05 Å². The standard InChI is InChI=1S/C21H19ClN4O/c1-26-13-14(10-25-26)21(27)24-12-17(15-6-2-4-8-19(15)22)18-11-23-20-9-5-3-7-16(18)20/h2-11,13,17,23H,12H2,1H3,(H,24,27). The van der Waals surface area contributed by atoms with Crippen molar-refractivity contribution in [1.29, 1.82) is 0 Å². The highest BCUT2D eigenvalue weighted by Crippen LogP contribution is 2.34. The van der Waals surface area contributed by atoms with Crippen LogP contribution in [0.25, 0.3) is 10.9 Å². The Morgan fingerprint density at radius 2 is 1.96 bits per heavy atom. The third kappa shape index (κ3) is 3.46. The van der Waals surface area contributed by atoms with E-state index in [1.807, 2.05) is 48.7 Å². The summed E-state index contributed by atoms with van der Waals surface area (Å²) in [6.07, 6.45) is 5.26. The molecule has 2 heterocycles. The van der Waals surface area contributed by atoms with E-state index in [1.54, 1.807) is 24.1 Å². The molecule has 136 valence electrons. The fraction of sp³-hybridized carbons (Fsp3) is 0.143. The number of carbonyl (C=O) groups excluding carboxylic acids is 1. The Balaban J connectivity index is 1.68. The van der Waals surface area contributed by atoms with E-state index in [1.165, 1.54) is 0 Å². The van der Waals surface area contributed by atoms with E-state index in [2.05, 4.69) is 21.5 Å². The van der Waals surface area contributed by atoms with Crippen molar-refractivity contribution in [3.05, 3.63) is 88.8 Å². The molecule has 1 unspecified atom stereocenters. The SMILES string of the molecule is Cn1cc(C(=O)NCC(c2ccccc2Cl)c2c[nH]c3ccccc23)cn1. The molecule has 1 amide bonds. The lowest BCUT2D eigenvalue weighted by atomic mass is 9.90. The molecule has 5 nitrogen and oxygen atoms in total. The van der Waals surface area contributed by atoms with Crippen LogP contribution in [-0.4, -0.2) is 27.2 Å². The normalized spacial score (nSPS) is 12.2. The monoisotopic (exact) mass is 378 g/mol. The topological polar surface area (TPSA) is 62.7 Å². The molecule has 6 heteroatoms. The average molecular weight is 379 g/mol. The molecule has 0 aliphatic rings. The summed E-state index contributed by atoms with van der Waals surface area (Å²) < 4.78 is 1.61. The Labute approximate surface area is 162 Å². The number of nitrogens with zero attached hydrogens (tertiary/aromatic N) is 2. The molecule has 2 N–H and O–H groups in total. The minimum absolute atomic E-state index is 0.0736. The number of nitrogens with one attached hydrogen (secondary N) is 2. The number of para-hydroxylation sites is 1. The van der Waals surface area contributed by atoms with Crippen molar-refractivity contribution < 1.29 is 4.79 Å². The quantitative estimate of drug-likeness (QED) is 0.548. The highest BCUT2D eigenvalue weighted by molar-refractivity contribution is 6.31. The maximum atomic E-state index is 12.5. The van der Waals surface area contributed by atoms with E-state index in [9.17, 15) is 4.79 Å². The first-order chi connectivity index (χ1) is 13.1. The molecule has 0 radical (unpaired) electrons. The highest BCUT2D eigenvalue weighted by Gasteiger charge is 2.21. The number of benzene rings is 2. The van der Waals surface area contributed by atoms with Gasteiger partial charge in [-0.3, -0.25) is 9.48 Å². The van der Waals surface area contributed by atoms with E-state index >= 15 is 0 Å². The molecule has 0 aliphatic heterocycles. The van der Waals surface area contributed by atoms with Gasteiger partial charge in [-0.25, -0.2) is 0 Å². The van der Waals surface area contributed by atoms with Gasteiger partial charge in [-0.05, 0) is 23.3 Å². The van der Waals surface area contributed by atoms with E-state index in [0.717, 1.165) is 22.0 Å². The molecule has 4 aromatic rings. The first kappa shape index (κ1) is 17.4. The van der Waals surface area contributed by atoms with Gasteiger partial charge in [0.25, 0.3) is 5.91 Å². The van der Waals surface area contributed by atoms with E-state index in [4.69, 9.17) is 11.6 Å². The maximum Gasteiger partial charge on any atom is 0.254 e. The Morgan fingerprint density at radius 1 is 1.19 bits per heavy atom. The van der Waals surface area contributed by atoms with Gasteiger partial charge in [-0.2, -0.15) is 5.10 Å². The van der Waals surface area contributed by atoms with Crippen LogP contribution in [0, 0.1) is 0 Å². The van der Waals surface area contributed by atoms with Gasteiger partial charge in [0.2, 0.25) is 0 Å². The fourth-order valence-corrected chi connectivity index (χ4v) is 3.63. The summed E-state index contributed by atoms with van der Waals surface area (Å²) in [6, 6.07) is 15.9. The predicted octanol–water partition coefficient (Wildman–Crippen LogP) is 4.12. The van der Waals surface area contributed by atoms with Gasteiger partial charge < -0.3 is 10.3 Å². The second-order valence-corrected chi connectivity index (χ2v) is 6.88. The second kappa shape index (κ2) is 7.29. The summed E-state index contributed by atoms with van der Waals surface area (Å²) in [7, 11) is 1.79. The predicted molar refractivity (Wildman–Crippen MR) is 107 cm³/mol. The Morgan fingerprint density at radius 3 is 2.74 bits per heavy atom. The van der Waals surface area contributed by atoms with Crippen LogP contribution in [0.3, 0.4) is 0 Å². The lowest BCUT2D eigenvalue weighted by molar-refractivity contribution is 0.0952.